The molecule has 0 radical (unpaired) electrons. The Morgan fingerprint density at radius 2 is 2.21 bits per heavy atom. The Bertz CT molecular complexity index is 671. The van der Waals surface area contributed by atoms with Crippen molar-refractivity contribution in [2.75, 3.05) is 18.8 Å². The molecule has 8 nitrogen and oxygen atoms in total. The lowest BCUT2D eigenvalue weighted by atomic mass is 10.2. The van der Waals surface area contributed by atoms with Crippen LogP contribution in [0.5, 0.6) is 0 Å². The standard InChI is InChI=1S/C14H15ClN2O6S/c1-8-5-16(6-11(23-8)14(19)20)13(18)7-24-12-3-2-9(15)4-10(12)17(21)22/h2-4,8,11H,5-7H2,1H3,(H,19,20)/t8-,11?/m1/s1. The zero-order valence-corrected chi connectivity index (χ0v) is 14.2. The lowest BCUT2D eigenvalue weighted by Gasteiger charge is -2.34. The number of nitrogens with zero attached hydrogens (tertiary/aromatic N) is 2. The second kappa shape index (κ2) is 7.82. The van der Waals surface area contributed by atoms with Gasteiger partial charge in [0.1, 0.15) is 0 Å². The number of nitro benzene ring substituents is 1. The molecule has 1 aromatic carbocycles. The maximum Gasteiger partial charge on any atom is 0.334 e. The molecule has 0 aliphatic carbocycles. The van der Waals surface area contributed by atoms with Crippen molar-refractivity contribution in [2.45, 2.75) is 24.0 Å². The van der Waals surface area contributed by atoms with Crippen LogP contribution in [0.25, 0.3) is 0 Å². The number of carbonyl (C=O) groups is 2. The fourth-order valence-electron chi connectivity index (χ4n) is 2.28. The number of ether oxygens (including phenoxy) is 1. The first kappa shape index (κ1) is 18.5. The largest absolute Gasteiger partial charge is 0.479 e. The lowest BCUT2D eigenvalue weighted by Crippen LogP contribution is -2.52. The van der Waals surface area contributed by atoms with Gasteiger partial charge < -0.3 is 14.7 Å². The Morgan fingerprint density at radius 1 is 1.50 bits per heavy atom. The molecule has 130 valence electrons. The molecule has 1 amide bonds. The first-order valence-electron chi connectivity index (χ1n) is 7.00. The molecule has 0 spiro atoms. The van der Waals surface area contributed by atoms with Crippen molar-refractivity contribution in [3.05, 3.63) is 33.3 Å². The summed E-state index contributed by atoms with van der Waals surface area (Å²) in [5, 5.41) is 20.3. The summed E-state index contributed by atoms with van der Waals surface area (Å²) < 4.78 is 5.25. The van der Waals surface area contributed by atoms with Gasteiger partial charge in [-0.05, 0) is 19.1 Å². The van der Waals surface area contributed by atoms with E-state index in [2.05, 4.69) is 0 Å². The molecule has 1 N–H and O–H groups in total. The molecule has 1 aromatic rings. The number of thioether (sulfide) groups is 1. The third kappa shape index (κ3) is 4.59. The van der Waals surface area contributed by atoms with Crippen LogP contribution in [-0.2, 0) is 14.3 Å². The number of carboxylic acids is 1. The number of rotatable bonds is 5. The number of hydrogen-bond donors (Lipinski definition) is 1. The van der Waals surface area contributed by atoms with Gasteiger partial charge in [-0.3, -0.25) is 14.9 Å². The first-order chi connectivity index (χ1) is 11.3. The molecule has 2 atom stereocenters. The third-order valence-corrected chi connectivity index (χ3v) is 4.64. The lowest BCUT2D eigenvalue weighted by molar-refractivity contribution is -0.387. The summed E-state index contributed by atoms with van der Waals surface area (Å²) in [7, 11) is 0. The fourth-order valence-corrected chi connectivity index (χ4v) is 3.35. The van der Waals surface area contributed by atoms with E-state index in [9.17, 15) is 19.7 Å². The smallest absolute Gasteiger partial charge is 0.334 e. The average Bonchev–Trinajstić information content (AvgIpc) is 2.52. The summed E-state index contributed by atoms with van der Waals surface area (Å²) in [4.78, 5) is 35.5. The molecule has 24 heavy (non-hydrogen) atoms. The van der Waals surface area contributed by atoms with E-state index < -0.39 is 23.1 Å². The number of carboxylic acid groups (broad SMARTS) is 1. The van der Waals surface area contributed by atoms with Crippen molar-refractivity contribution in [1.29, 1.82) is 0 Å². The second-order valence-corrected chi connectivity index (χ2v) is 6.68. The summed E-state index contributed by atoms with van der Waals surface area (Å²) in [5.74, 6) is -1.47. The monoisotopic (exact) mass is 374 g/mol. The quantitative estimate of drug-likeness (QED) is 0.477. The number of morpholine rings is 1. The molecule has 0 aromatic heterocycles. The molecule has 1 fully saturated rings. The van der Waals surface area contributed by atoms with Crippen LogP contribution in [0.4, 0.5) is 5.69 Å². The van der Waals surface area contributed by atoms with Crippen LogP contribution in [0.2, 0.25) is 5.02 Å². The van der Waals surface area contributed by atoms with E-state index in [1.54, 1.807) is 6.92 Å². The predicted molar refractivity (Wildman–Crippen MR) is 87.4 cm³/mol. The molecule has 10 heteroatoms. The Hall–Kier alpha value is -1.84. The van der Waals surface area contributed by atoms with Crippen molar-refractivity contribution in [1.82, 2.24) is 4.90 Å². The van der Waals surface area contributed by atoms with Gasteiger partial charge in [0.25, 0.3) is 5.69 Å². The normalized spacial score (nSPS) is 20.7. The second-order valence-electron chi connectivity index (χ2n) is 5.23. The molecule has 1 heterocycles. The summed E-state index contributed by atoms with van der Waals surface area (Å²) in [6, 6.07) is 4.23. The number of halogens is 1. The van der Waals surface area contributed by atoms with Gasteiger partial charge in [-0.2, -0.15) is 0 Å². The number of nitro groups is 1. The predicted octanol–water partition coefficient (Wildman–Crippen LogP) is 2.04. The minimum absolute atomic E-state index is 0.0399. The van der Waals surface area contributed by atoms with E-state index in [4.69, 9.17) is 21.4 Å². The van der Waals surface area contributed by atoms with Gasteiger partial charge in [0, 0.05) is 17.6 Å². The molecular weight excluding hydrogens is 360 g/mol. The molecule has 0 bridgehead atoms. The maximum absolute atomic E-state index is 12.3. The number of amides is 1. The van der Waals surface area contributed by atoms with E-state index in [-0.39, 0.29) is 35.5 Å². The van der Waals surface area contributed by atoms with Crippen LogP contribution in [0.3, 0.4) is 0 Å². The summed E-state index contributed by atoms with van der Waals surface area (Å²) in [5.41, 5.74) is -0.168. The highest BCUT2D eigenvalue weighted by molar-refractivity contribution is 8.00. The summed E-state index contributed by atoms with van der Waals surface area (Å²) in [6.07, 6.45) is -1.45. The van der Waals surface area contributed by atoms with Crippen molar-refractivity contribution in [3.8, 4) is 0 Å². The van der Waals surface area contributed by atoms with Crippen LogP contribution in [-0.4, -0.2) is 57.9 Å². The highest BCUT2D eigenvalue weighted by Gasteiger charge is 2.32. The van der Waals surface area contributed by atoms with Crippen molar-refractivity contribution in [2.24, 2.45) is 0 Å². The number of hydrogen-bond acceptors (Lipinski definition) is 6. The Kier molecular flexibility index (Phi) is 6.03. The van der Waals surface area contributed by atoms with Crippen LogP contribution < -0.4 is 0 Å². The van der Waals surface area contributed by atoms with Gasteiger partial charge in [-0.25, -0.2) is 4.79 Å². The Balaban J connectivity index is 2.03. The van der Waals surface area contributed by atoms with Crippen LogP contribution in [0.15, 0.2) is 23.1 Å². The van der Waals surface area contributed by atoms with Crippen LogP contribution in [0, 0.1) is 10.1 Å². The third-order valence-electron chi connectivity index (χ3n) is 3.36. The number of carbonyl (C=O) groups excluding carboxylic acids is 1. The van der Waals surface area contributed by atoms with E-state index in [0.717, 1.165) is 11.8 Å². The van der Waals surface area contributed by atoms with Crippen molar-refractivity contribution >= 4 is 40.9 Å². The minimum atomic E-state index is -1.12. The zero-order chi connectivity index (χ0) is 17.9. The van der Waals surface area contributed by atoms with Crippen LogP contribution in [0.1, 0.15) is 6.92 Å². The van der Waals surface area contributed by atoms with E-state index in [1.165, 1.54) is 23.1 Å². The van der Waals surface area contributed by atoms with Gasteiger partial charge in [-0.15, -0.1) is 11.8 Å². The van der Waals surface area contributed by atoms with E-state index in [0.29, 0.717) is 4.90 Å². The molecule has 2 rings (SSSR count). The maximum atomic E-state index is 12.3. The summed E-state index contributed by atoms with van der Waals surface area (Å²) in [6.45, 7) is 1.93. The highest BCUT2D eigenvalue weighted by atomic mass is 35.5. The Labute approximate surface area is 146 Å². The number of aliphatic carboxylic acids is 1. The highest BCUT2D eigenvalue weighted by Crippen LogP contribution is 2.31. The van der Waals surface area contributed by atoms with Gasteiger partial charge in [0.05, 0.1) is 28.2 Å². The minimum Gasteiger partial charge on any atom is -0.479 e. The number of benzene rings is 1. The average molecular weight is 375 g/mol. The SMILES string of the molecule is C[C@@H]1CN(C(=O)CSc2ccc(Cl)cc2[N+](=O)[O-])CC(C(=O)O)O1. The Morgan fingerprint density at radius 3 is 2.83 bits per heavy atom. The molecular formula is C14H15ClN2O6S. The molecule has 1 saturated heterocycles. The fraction of sp³-hybridized carbons (Fsp3) is 0.429. The molecule has 0 saturated carbocycles. The molecule has 1 unspecified atom stereocenters. The van der Waals surface area contributed by atoms with E-state index in [1.807, 2.05) is 0 Å². The summed E-state index contributed by atoms with van der Waals surface area (Å²) >= 11 is 6.77. The topological polar surface area (TPSA) is 110 Å². The van der Waals surface area contributed by atoms with Gasteiger partial charge in [-0.1, -0.05) is 11.6 Å². The van der Waals surface area contributed by atoms with E-state index >= 15 is 0 Å². The van der Waals surface area contributed by atoms with Crippen molar-refractivity contribution in [3.63, 3.8) is 0 Å². The van der Waals surface area contributed by atoms with Crippen LogP contribution >= 0.6 is 23.4 Å². The van der Waals surface area contributed by atoms with Gasteiger partial charge in [0.15, 0.2) is 6.10 Å². The molecule has 1 aliphatic heterocycles. The zero-order valence-electron chi connectivity index (χ0n) is 12.7. The molecule has 1 aliphatic rings. The van der Waals surface area contributed by atoms with Gasteiger partial charge in [0.2, 0.25) is 5.91 Å². The first-order valence-corrected chi connectivity index (χ1v) is 8.37. The van der Waals surface area contributed by atoms with Gasteiger partial charge >= 0.3 is 5.97 Å². The van der Waals surface area contributed by atoms with Crippen molar-refractivity contribution < 1.29 is 24.4 Å².